The van der Waals surface area contributed by atoms with Gasteiger partial charge in [-0.1, -0.05) is 57.1 Å². The maximum atomic E-state index is 13.5. The minimum absolute atomic E-state index is 0.00269. The van der Waals surface area contributed by atoms with Crippen molar-refractivity contribution in [2.24, 2.45) is 10.6 Å². The van der Waals surface area contributed by atoms with Crippen molar-refractivity contribution in [3.05, 3.63) is 71.8 Å². The van der Waals surface area contributed by atoms with Crippen molar-refractivity contribution in [2.45, 2.75) is 64.6 Å². The highest BCUT2D eigenvalue weighted by molar-refractivity contribution is 8.00. The van der Waals surface area contributed by atoms with Crippen LogP contribution in [0.25, 0.3) is 11.5 Å². The maximum Gasteiger partial charge on any atom is 0.451 e. The molecule has 0 saturated heterocycles. The summed E-state index contributed by atoms with van der Waals surface area (Å²) in [5.41, 5.74) is 2.39. The van der Waals surface area contributed by atoms with Crippen LogP contribution in [-0.2, 0) is 25.7 Å². The van der Waals surface area contributed by atoms with Gasteiger partial charge in [0.1, 0.15) is 0 Å². The molecular formula is C30H33F3N4O4S. The zero-order valence-corrected chi connectivity index (χ0v) is 24.9. The lowest BCUT2D eigenvalue weighted by Crippen LogP contribution is -2.30. The van der Waals surface area contributed by atoms with Crippen LogP contribution in [0.1, 0.15) is 64.0 Å². The second-order valence-corrected chi connectivity index (χ2v) is 13.8. The van der Waals surface area contributed by atoms with Crippen LogP contribution in [0.2, 0.25) is 0 Å². The molecule has 1 amide bonds. The normalized spacial score (nSPS) is 18.8. The molecule has 0 fully saturated rings. The third-order valence-corrected chi connectivity index (χ3v) is 9.29. The molecule has 1 aliphatic rings. The van der Waals surface area contributed by atoms with E-state index in [1.807, 2.05) is 6.92 Å². The lowest BCUT2D eigenvalue weighted by molar-refractivity contribution is -0.130. The highest BCUT2D eigenvalue weighted by Crippen LogP contribution is 2.38. The molecule has 0 aliphatic carbocycles. The van der Waals surface area contributed by atoms with Gasteiger partial charge in [-0.05, 0) is 63.6 Å². The molecule has 12 heteroatoms. The highest BCUT2D eigenvalue weighted by Gasteiger charge is 2.35. The summed E-state index contributed by atoms with van der Waals surface area (Å²) in [6, 6.07) is 11.9. The number of hydrogen-bond acceptors (Lipinski definition) is 7. The predicted octanol–water partition coefficient (Wildman–Crippen LogP) is 6.72. The Hall–Kier alpha value is -3.93. The minimum atomic E-state index is -4.71. The van der Waals surface area contributed by atoms with Crippen molar-refractivity contribution in [3.63, 3.8) is 0 Å². The van der Waals surface area contributed by atoms with Gasteiger partial charge in [-0.15, -0.1) is 10.2 Å². The van der Waals surface area contributed by atoms with E-state index >= 15 is 0 Å². The number of halogens is 3. The van der Waals surface area contributed by atoms with Gasteiger partial charge in [0, 0.05) is 23.7 Å². The smallest absolute Gasteiger partial charge is 0.420 e. The fourth-order valence-corrected chi connectivity index (χ4v) is 5.73. The van der Waals surface area contributed by atoms with Crippen LogP contribution in [-0.4, -0.2) is 43.8 Å². The van der Waals surface area contributed by atoms with Crippen molar-refractivity contribution in [1.29, 1.82) is 0 Å². The van der Waals surface area contributed by atoms with Crippen LogP contribution in [0.5, 0.6) is 0 Å². The number of anilines is 1. The van der Waals surface area contributed by atoms with E-state index in [0.717, 1.165) is 5.56 Å². The number of amides is 1. The number of nitrogens with zero attached hydrogens (tertiary/aromatic N) is 4. The van der Waals surface area contributed by atoms with E-state index < -0.39 is 21.5 Å². The Morgan fingerprint density at radius 2 is 1.83 bits per heavy atom. The Kier molecular flexibility index (Phi) is 8.41. The number of alkyl halides is 3. The summed E-state index contributed by atoms with van der Waals surface area (Å²) in [6.07, 6.45) is -4.66. The first-order chi connectivity index (χ1) is 19.5. The summed E-state index contributed by atoms with van der Waals surface area (Å²) in [5.74, 6) is 3.18. The Labute approximate surface area is 243 Å². The van der Waals surface area contributed by atoms with E-state index in [-0.39, 0.29) is 47.6 Å². The van der Waals surface area contributed by atoms with Gasteiger partial charge < -0.3 is 14.2 Å². The summed E-state index contributed by atoms with van der Waals surface area (Å²) in [7, 11) is -2.75. The molecule has 0 N–H and O–H groups in total. The molecule has 2 aromatic carbocycles. The SMILES string of the molecule is C=C(O/N=C(\C)c1ccc(CN2C(=O)CCS(=C)(=O)c3ccc(-c4nnc(C(C)C(C)(C)C)o4)cc32)cc1)C(F)(F)F. The Bertz CT molecular complexity index is 1640. The lowest BCUT2D eigenvalue weighted by Gasteiger charge is -2.24. The summed E-state index contributed by atoms with van der Waals surface area (Å²) < 4.78 is 57.4. The van der Waals surface area contributed by atoms with E-state index in [0.29, 0.717) is 27.6 Å². The number of hydrogen-bond donors (Lipinski definition) is 0. The maximum absolute atomic E-state index is 13.5. The minimum Gasteiger partial charge on any atom is -0.420 e. The van der Waals surface area contributed by atoms with Crippen molar-refractivity contribution in [2.75, 3.05) is 10.7 Å². The first-order valence-electron chi connectivity index (χ1n) is 13.2. The number of aromatic nitrogens is 2. The van der Waals surface area contributed by atoms with Crippen molar-refractivity contribution >= 4 is 32.7 Å². The molecule has 3 aromatic rings. The van der Waals surface area contributed by atoms with Crippen molar-refractivity contribution < 1.29 is 31.4 Å². The summed E-state index contributed by atoms with van der Waals surface area (Å²) in [6.45, 7) is 12.7. The first-order valence-corrected chi connectivity index (χ1v) is 15.1. The van der Waals surface area contributed by atoms with Crippen LogP contribution in [0.15, 0.2) is 69.3 Å². The second kappa shape index (κ2) is 11.4. The van der Waals surface area contributed by atoms with Crippen molar-refractivity contribution in [3.8, 4) is 11.5 Å². The van der Waals surface area contributed by atoms with Gasteiger partial charge in [-0.3, -0.25) is 9.00 Å². The van der Waals surface area contributed by atoms with Gasteiger partial charge in [-0.25, -0.2) is 0 Å². The molecule has 2 atom stereocenters. The molecule has 4 rings (SSSR count). The van der Waals surface area contributed by atoms with Gasteiger partial charge >= 0.3 is 6.18 Å². The van der Waals surface area contributed by atoms with Gasteiger partial charge in [0.05, 0.1) is 22.8 Å². The highest BCUT2D eigenvalue weighted by atomic mass is 32.2. The largest absolute Gasteiger partial charge is 0.451 e. The summed E-state index contributed by atoms with van der Waals surface area (Å²) in [5, 5.41) is 12.0. The molecule has 224 valence electrons. The molecule has 1 aliphatic heterocycles. The monoisotopic (exact) mass is 602 g/mol. The molecular weight excluding hydrogens is 569 g/mol. The quantitative estimate of drug-likeness (QED) is 0.129. The van der Waals surface area contributed by atoms with Gasteiger partial charge in [-0.2, -0.15) is 13.2 Å². The van der Waals surface area contributed by atoms with Crippen LogP contribution < -0.4 is 4.90 Å². The second-order valence-electron chi connectivity index (χ2n) is 11.3. The Balaban J connectivity index is 1.64. The molecule has 2 heterocycles. The number of carbonyl (C=O) groups excluding carboxylic acids is 1. The average molecular weight is 603 g/mol. The average Bonchev–Trinajstić information content (AvgIpc) is 3.39. The van der Waals surface area contributed by atoms with E-state index in [1.165, 1.54) is 6.92 Å². The van der Waals surface area contributed by atoms with Crippen molar-refractivity contribution in [1.82, 2.24) is 10.2 Å². The molecule has 0 saturated carbocycles. The fraction of sp³-hybridized carbons (Fsp3) is 0.367. The number of carbonyl (C=O) groups is 1. The third kappa shape index (κ3) is 6.75. The predicted molar refractivity (Wildman–Crippen MR) is 157 cm³/mol. The number of rotatable bonds is 7. The zero-order valence-electron chi connectivity index (χ0n) is 24.1. The van der Waals surface area contributed by atoms with Crippen LogP contribution in [0.4, 0.5) is 18.9 Å². The number of oxime groups is 1. The van der Waals surface area contributed by atoms with Gasteiger partial charge in [0.15, 0.2) is 0 Å². The van der Waals surface area contributed by atoms with Gasteiger partial charge in [0.25, 0.3) is 0 Å². The van der Waals surface area contributed by atoms with Crippen LogP contribution >= 0.6 is 0 Å². The fourth-order valence-electron chi connectivity index (χ4n) is 4.14. The first kappa shape index (κ1) is 31.0. The van der Waals surface area contributed by atoms with E-state index in [9.17, 15) is 22.2 Å². The number of benzene rings is 2. The van der Waals surface area contributed by atoms with Gasteiger partial charge in [0.2, 0.25) is 23.4 Å². The summed E-state index contributed by atoms with van der Waals surface area (Å²) in [4.78, 5) is 19.7. The molecule has 42 heavy (non-hydrogen) atoms. The number of fused-ring (bicyclic) bond motifs is 1. The Morgan fingerprint density at radius 3 is 2.45 bits per heavy atom. The van der Waals surface area contributed by atoms with Crippen LogP contribution in [0, 0.1) is 5.41 Å². The molecule has 0 bridgehead atoms. The molecule has 0 spiro atoms. The molecule has 1 aromatic heterocycles. The Morgan fingerprint density at radius 1 is 1.17 bits per heavy atom. The molecule has 0 radical (unpaired) electrons. The molecule has 8 nitrogen and oxygen atoms in total. The van der Waals surface area contributed by atoms with E-state index in [4.69, 9.17) is 4.42 Å². The third-order valence-electron chi connectivity index (χ3n) is 7.28. The molecule has 2 unspecified atom stereocenters. The van der Waals surface area contributed by atoms with E-state index in [1.54, 1.807) is 47.4 Å². The van der Waals surface area contributed by atoms with Crippen LogP contribution in [0.3, 0.4) is 0 Å². The zero-order chi connectivity index (χ0) is 31.0. The standard InChI is InChI=1S/C30H33F3N4O4S/c1-18(29(4,5)6)27-34-35-28(40-27)23-12-13-25-24(16-23)37(26(38)14-15-42(25,7)39)17-21-8-10-22(11-9-21)19(2)36-41-20(3)30(31,32)33/h8-13,16,18H,3,7,14-15,17H2,1-2,4-6H3/b36-19+. The number of allylic oxidation sites excluding steroid dienone is 1. The van der Waals surface area contributed by atoms with E-state index in [2.05, 4.69) is 53.4 Å². The lowest BCUT2D eigenvalue weighted by atomic mass is 9.82. The topological polar surface area (TPSA) is 97.9 Å². The summed E-state index contributed by atoms with van der Waals surface area (Å²) >= 11 is 0.